The lowest BCUT2D eigenvalue weighted by Crippen LogP contribution is -2.39. The molecule has 0 fully saturated rings. The summed E-state index contributed by atoms with van der Waals surface area (Å²) in [5.74, 6) is 0. The second kappa shape index (κ2) is 8.03. The predicted octanol–water partition coefficient (Wildman–Crippen LogP) is 1.23. The Morgan fingerprint density at radius 2 is 1.75 bits per heavy atom. The molecule has 0 heterocycles. The van der Waals surface area contributed by atoms with E-state index >= 15 is 0 Å². The molecule has 0 aromatic carbocycles. The molecule has 0 bridgehead atoms. The van der Waals surface area contributed by atoms with E-state index in [0.717, 1.165) is 13.1 Å². The standard InChI is InChI=1S/C11H26N2O2S/c1-5-7-8-9-12(3)10-11-13(6-2)16(4,14)15/h5-11H2,1-4H3/q+1. The van der Waals surface area contributed by atoms with E-state index in [9.17, 15) is 8.42 Å². The molecule has 1 radical (unpaired) electrons. The van der Waals surface area contributed by atoms with E-state index in [2.05, 4.69) is 11.8 Å². The van der Waals surface area contributed by atoms with Gasteiger partial charge in [-0.15, -0.1) is 0 Å². The summed E-state index contributed by atoms with van der Waals surface area (Å²) in [4.78, 5) is 2.20. The van der Waals surface area contributed by atoms with Crippen LogP contribution in [0.4, 0.5) is 0 Å². The van der Waals surface area contributed by atoms with Gasteiger partial charge in [-0.05, 0) is 6.42 Å². The van der Waals surface area contributed by atoms with Gasteiger partial charge in [0, 0.05) is 13.0 Å². The Labute approximate surface area is 101 Å². The fraction of sp³-hybridized carbons (Fsp3) is 1.00. The normalized spacial score (nSPS) is 12.6. The number of unbranched alkanes of at least 4 members (excludes halogenated alkanes) is 2. The summed E-state index contributed by atoms with van der Waals surface area (Å²) in [6, 6.07) is 0. The van der Waals surface area contributed by atoms with Crippen LogP contribution >= 0.6 is 0 Å². The quantitative estimate of drug-likeness (QED) is 0.456. The summed E-state index contributed by atoms with van der Waals surface area (Å²) in [5.41, 5.74) is 0. The van der Waals surface area contributed by atoms with E-state index in [4.69, 9.17) is 0 Å². The lowest BCUT2D eigenvalue weighted by molar-refractivity contribution is 0.374. The van der Waals surface area contributed by atoms with Gasteiger partial charge in [-0.25, -0.2) is 8.42 Å². The molecule has 0 rings (SSSR count). The van der Waals surface area contributed by atoms with E-state index in [-0.39, 0.29) is 0 Å². The predicted molar refractivity (Wildman–Crippen MR) is 69.4 cm³/mol. The molecule has 0 spiro atoms. The first-order valence-electron chi connectivity index (χ1n) is 6.05. The molecule has 0 unspecified atom stereocenters. The molecule has 0 saturated carbocycles. The van der Waals surface area contributed by atoms with Crippen molar-refractivity contribution in [2.24, 2.45) is 0 Å². The Hall–Kier alpha value is -0.130. The van der Waals surface area contributed by atoms with Crippen LogP contribution in [0.1, 0.15) is 33.1 Å². The highest BCUT2D eigenvalue weighted by Gasteiger charge is 2.17. The summed E-state index contributed by atoms with van der Waals surface area (Å²) in [6.07, 6.45) is 4.93. The Balaban J connectivity index is 3.85. The minimum Gasteiger partial charge on any atom is -0.213 e. The van der Waals surface area contributed by atoms with Crippen LogP contribution in [-0.4, -0.2) is 52.2 Å². The molecule has 0 aliphatic carbocycles. The first-order valence-corrected chi connectivity index (χ1v) is 7.90. The van der Waals surface area contributed by atoms with Crippen LogP contribution < -0.4 is 4.90 Å². The Bertz CT molecular complexity index is 265. The van der Waals surface area contributed by atoms with Gasteiger partial charge in [-0.2, -0.15) is 9.21 Å². The van der Waals surface area contributed by atoms with Crippen LogP contribution in [0.5, 0.6) is 0 Å². The summed E-state index contributed by atoms with van der Waals surface area (Å²) >= 11 is 0. The first kappa shape index (κ1) is 15.9. The third-order valence-corrected chi connectivity index (χ3v) is 4.08. The Morgan fingerprint density at radius 3 is 2.19 bits per heavy atom. The van der Waals surface area contributed by atoms with Gasteiger partial charge in [0.1, 0.15) is 20.1 Å². The summed E-state index contributed by atoms with van der Waals surface area (Å²) < 4.78 is 24.2. The number of nitrogens with zero attached hydrogens (tertiary/aromatic N) is 2. The molecule has 0 saturated heterocycles. The van der Waals surface area contributed by atoms with Gasteiger partial charge in [0.2, 0.25) is 10.0 Å². The minimum absolute atomic E-state index is 0.557. The van der Waals surface area contributed by atoms with Gasteiger partial charge in [0.15, 0.2) is 0 Å². The molecule has 0 aromatic rings. The third kappa shape index (κ3) is 7.19. The maximum atomic E-state index is 11.3. The monoisotopic (exact) mass is 250 g/mol. The Morgan fingerprint density at radius 1 is 1.12 bits per heavy atom. The van der Waals surface area contributed by atoms with Crippen molar-refractivity contribution in [3.8, 4) is 0 Å². The minimum atomic E-state index is -3.03. The first-order chi connectivity index (χ1) is 7.41. The third-order valence-electron chi connectivity index (χ3n) is 2.70. The number of sulfonamides is 1. The highest BCUT2D eigenvalue weighted by Crippen LogP contribution is 1.98. The van der Waals surface area contributed by atoms with Crippen LogP contribution in [0.15, 0.2) is 0 Å². The molecular formula is C11H26N2O2S+. The van der Waals surface area contributed by atoms with Crippen molar-refractivity contribution in [3.63, 3.8) is 0 Å². The van der Waals surface area contributed by atoms with Gasteiger partial charge in [0.25, 0.3) is 0 Å². The number of rotatable bonds is 9. The zero-order chi connectivity index (χ0) is 12.6. The molecule has 4 nitrogen and oxygen atoms in total. The highest BCUT2D eigenvalue weighted by molar-refractivity contribution is 7.88. The van der Waals surface area contributed by atoms with Crippen molar-refractivity contribution >= 4 is 10.0 Å². The summed E-state index contributed by atoms with van der Waals surface area (Å²) in [5, 5.41) is 0. The number of hydrogen-bond donors (Lipinski definition) is 0. The summed E-state index contributed by atoms with van der Waals surface area (Å²) in [6.45, 7) is 7.07. The maximum Gasteiger partial charge on any atom is 0.211 e. The van der Waals surface area contributed by atoms with Crippen LogP contribution in [0.25, 0.3) is 0 Å². The lowest BCUT2D eigenvalue weighted by Gasteiger charge is -2.17. The van der Waals surface area contributed by atoms with Gasteiger partial charge in [0.05, 0.1) is 12.8 Å². The van der Waals surface area contributed by atoms with Gasteiger partial charge < -0.3 is 0 Å². The van der Waals surface area contributed by atoms with E-state index in [0.29, 0.717) is 13.1 Å². The van der Waals surface area contributed by atoms with Crippen molar-refractivity contribution < 1.29 is 8.42 Å². The molecular weight excluding hydrogens is 224 g/mol. The number of likely N-dealkylation sites (N-methyl/N-ethyl adjacent to an activating group) is 2. The van der Waals surface area contributed by atoms with Gasteiger partial charge in [-0.3, -0.25) is 0 Å². The molecule has 0 amide bonds. The SMILES string of the molecule is CCCCC[N+](C)CCN(CC)S(C)(=O)=O. The highest BCUT2D eigenvalue weighted by atomic mass is 32.2. The van der Waals surface area contributed by atoms with E-state index in [1.807, 2.05) is 14.0 Å². The lowest BCUT2D eigenvalue weighted by atomic mass is 10.2. The second-order valence-corrected chi connectivity index (χ2v) is 6.25. The van der Waals surface area contributed by atoms with Crippen molar-refractivity contribution in [3.05, 3.63) is 0 Å². The smallest absolute Gasteiger partial charge is 0.211 e. The fourth-order valence-electron chi connectivity index (χ4n) is 1.58. The van der Waals surface area contributed by atoms with Crippen molar-refractivity contribution in [2.75, 3.05) is 39.5 Å². The van der Waals surface area contributed by atoms with E-state index in [1.54, 1.807) is 0 Å². The molecule has 16 heavy (non-hydrogen) atoms. The molecule has 0 N–H and O–H groups in total. The largest absolute Gasteiger partial charge is 0.213 e. The van der Waals surface area contributed by atoms with Gasteiger partial charge >= 0.3 is 0 Å². The van der Waals surface area contributed by atoms with E-state index in [1.165, 1.54) is 29.8 Å². The van der Waals surface area contributed by atoms with E-state index < -0.39 is 10.0 Å². The van der Waals surface area contributed by atoms with Crippen molar-refractivity contribution in [2.45, 2.75) is 33.1 Å². The molecule has 0 aromatic heterocycles. The van der Waals surface area contributed by atoms with Crippen LogP contribution in [0, 0.1) is 0 Å². The second-order valence-electron chi connectivity index (χ2n) is 4.27. The molecule has 0 aliphatic heterocycles. The van der Waals surface area contributed by atoms with Crippen LogP contribution in [-0.2, 0) is 10.0 Å². The fourth-order valence-corrected chi connectivity index (χ4v) is 2.47. The molecule has 97 valence electrons. The summed E-state index contributed by atoms with van der Waals surface area (Å²) in [7, 11) is -0.982. The van der Waals surface area contributed by atoms with Crippen molar-refractivity contribution in [1.82, 2.24) is 9.21 Å². The van der Waals surface area contributed by atoms with Crippen LogP contribution in [0.3, 0.4) is 0 Å². The average Bonchev–Trinajstić information content (AvgIpc) is 2.17. The zero-order valence-electron chi connectivity index (χ0n) is 11.1. The number of hydrogen-bond acceptors (Lipinski definition) is 3. The Kier molecular flexibility index (Phi) is 7.97. The topological polar surface area (TPSA) is 43.3 Å². The molecule has 0 aliphatic rings. The molecule has 5 heteroatoms. The van der Waals surface area contributed by atoms with Crippen molar-refractivity contribution in [1.29, 1.82) is 0 Å². The zero-order valence-corrected chi connectivity index (χ0v) is 11.9. The van der Waals surface area contributed by atoms with Crippen LogP contribution in [0.2, 0.25) is 0 Å². The maximum absolute atomic E-state index is 11.3. The average molecular weight is 250 g/mol. The van der Waals surface area contributed by atoms with Gasteiger partial charge in [-0.1, -0.05) is 20.3 Å². The molecule has 0 atom stereocenters.